The molecule has 2 rings (SSSR count). The minimum Gasteiger partial charge on any atom is -0.306 e. The van der Waals surface area contributed by atoms with Crippen LogP contribution < -0.4 is 5.32 Å². The minimum absolute atomic E-state index is 0.140. The second-order valence-corrected chi connectivity index (χ2v) is 4.84. The Bertz CT molecular complexity index is 522. The topological polar surface area (TPSA) is 12.0 Å². The molecule has 1 nitrogen and oxygen atoms in total. The molecule has 19 heavy (non-hydrogen) atoms. The third-order valence-corrected chi connectivity index (χ3v) is 3.39. The van der Waals surface area contributed by atoms with Crippen molar-refractivity contribution < 1.29 is 4.39 Å². The van der Waals surface area contributed by atoms with Crippen molar-refractivity contribution in [3.8, 4) is 0 Å². The normalized spacial score (nSPS) is 12.4. The second-order valence-electron chi connectivity index (χ2n) is 4.84. The fourth-order valence-corrected chi connectivity index (χ4v) is 2.24. The van der Waals surface area contributed by atoms with Crippen molar-refractivity contribution >= 4 is 0 Å². The highest BCUT2D eigenvalue weighted by Crippen LogP contribution is 2.17. The first-order chi connectivity index (χ1) is 9.20. The maximum Gasteiger partial charge on any atom is 0.126 e. The van der Waals surface area contributed by atoms with Crippen molar-refractivity contribution in [2.24, 2.45) is 0 Å². The Morgan fingerprint density at radius 2 is 1.84 bits per heavy atom. The van der Waals surface area contributed by atoms with Gasteiger partial charge in [-0.15, -0.1) is 0 Å². The molecule has 0 fully saturated rings. The molecule has 0 saturated heterocycles. The van der Waals surface area contributed by atoms with Gasteiger partial charge in [0, 0.05) is 12.6 Å². The first-order valence-corrected chi connectivity index (χ1v) is 6.74. The zero-order chi connectivity index (χ0) is 13.7. The molecule has 0 aliphatic heterocycles. The van der Waals surface area contributed by atoms with E-state index in [-0.39, 0.29) is 5.82 Å². The molecule has 100 valence electrons. The Kier molecular flexibility index (Phi) is 4.69. The number of halogens is 1. The van der Waals surface area contributed by atoms with Crippen molar-refractivity contribution in [3.05, 3.63) is 71.0 Å². The lowest BCUT2D eigenvalue weighted by atomic mass is 10.0. The van der Waals surface area contributed by atoms with E-state index in [4.69, 9.17) is 0 Å². The smallest absolute Gasteiger partial charge is 0.126 e. The van der Waals surface area contributed by atoms with Crippen molar-refractivity contribution in [1.82, 2.24) is 5.32 Å². The lowest BCUT2D eigenvalue weighted by molar-refractivity contribution is 0.518. The van der Waals surface area contributed by atoms with Crippen LogP contribution >= 0.6 is 0 Å². The summed E-state index contributed by atoms with van der Waals surface area (Å²) in [5.41, 5.74) is 3.11. The summed E-state index contributed by atoms with van der Waals surface area (Å²) >= 11 is 0. The Hall–Kier alpha value is -1.67. The highest BCUT2D eigenvalue weighted by atomic mass is 19.1. The molecule has 0 saturated carbocycles. The third-order valence-electron chi connectivity index (χ3n) is 3.39. The van der Waals surface area contributed by atoms with Gasteiger partial charge in [-0.05, 0) is 36.1 Å². The van der Waals surface area contributed by atoms with E-state index in [0.29, 0.717) is 11.6 Å². The van der Waals surface area contributed by atoms with E-state index < -0.39 is 0 Å². The van der Waals surface area contributed by atoms with Gasteiger partial charge in [0.2, 0.25) is 0 Å². The minimum atomic E-state index is -0.140. The highest BCUT2D eigenvalue weighted by molar-refractivity contribution is 5.24. The standard InChI is InChI=1S/C17H20FN/c1-3-17(15-7-5-4-6-8-15)19-12-14-9-10-16(18)13(2)11-14/h4-11,17,19H,3,12H2,1-2H3. The fourth-order valence-electron chi connectivity index (χ4n) is 2.24. The predicted octanol–water partition coefficient (Wildman–Crippen LogP) is 4.38. The lowest BCUT2D eigenvalue weighted by Gasteiger charge is -2.17. The molecule has 0 radical (unpaired) electrons. The van der Waals surface area contributed by atoms with Gasteiger partial charge < -0.3 is 5.32 Å². The number of benzene rings is 2. The van der Waals surface area contributed by atoms with Crippen LogP contribution in [0.2, 0.25) is 0 Å². The van der Waals surface area contributed by atoms with E-state index in [2.05, 4.69) is 36.5 Å². The van der Waals surface area contributed by atoms with E-state index in [0.717, 1.165) is 18.5 Å². The van der Waals surface area contributed by atoms with Gasteiger partial charge in [-0.2, -0.15) is 0 Å². The predicted molar refractivity (Wildman–Crippen MR) is 77.5 cm³/mol. The molecule has 1 unspecified atom stereocenters. The van der Waals surface area contributed by atoms with Crippen LogP contribution in [0.15, 0.2) is 48.5 Å². The molecule has 0 aliphatic carbocycles. The second kappa shape index (κ2) is 6.48. The molecule has 1 atom stereocenters. The van der Waals surface area contributed by atoms with Crippen LogP contribution in [-0.4, -0.2) is 0 Å². The maximum absolute atomic E-state index is 13.2. The van der Waals surface area contributed by atoms with Crippen molar-refractivity contribution in [3.63, 3.8) is 0 Å². The Labute approximate surface area is 114 Å². The molecule has 1 N–H and O–H groups in total. The Morgan fingerprint density at radius 1 is 1.11 bits per heavy atom. The van der Waals surface area contributed by atoms with Crippen LogP contribution in [0.5, 0.6) is 0 Å². The number of rotatable bonds is 5. The van der Waals surface area contributed by atoms with Crippen LogP contribution in [0.4, 0.5) is 4.39 Å². The van der Waals surface area contributed by atoms with Gasteiger partial charge in [0.15, 0.2) is 0 Å². The summed E-state index contributed by atoms with van der Waals surface area (Å²) in [5, 5.41) is 3.53. The summed E-state index contributed by atoms with van der Waals surface area (Å²) in [7, 11) is 0. The van der Waals surface area contributed by atoms with E-state index in [1.54, 1.807) is 6.92 Å². The average Bonchev–Trinajstić information content (AvgIpc) is 2.44. The van der Waals surface area contributed by atoms with E-state index in [1.807, 2.05) is 18.2 Å². The summed E-state index contributed by atoms with van der Waals surface area (Å²) in [6.45, 7) is 4.72. The van der Waals surface area contributed by atoms with E-state index in [9.17, 15) is 4.39 Å². The highest BCUT2D eigenvalue weighted by Gasteiger charge is 2.08. The quantitative estimate of drug-likeness (QED) is 0.838. The average molecular weight is 257 g/mol. The van der Waals surface area contributed by atoms with Crippen molar-refractivity contribution in [2.75, 3.05) is 0 Å². The SMILES string of the molecule is CCC(NCc1ccc(F)c(C)c1)c1ccccc1. The number of hydrogen-bond acceptors (Lipinski definition) is 1. The largest absolute Gasteiger partial charge is 0.306 e. The molecule has 2 aromatic carbocycles. The first kappa shape index (κ1) is 13.8. The number of nitrogens with one attached hydrogen (secondary N) is 1. The Balaban J connectivity index is 2.02. The molecule has 0 heterocycles. The summed E-state index contributed by atoms with van der Waals surface area (Å²) in [4.78, 5) is 0. The third kappa shape index (κ3) is 3.65. The van der Waals surface area contributed by atoms with Crippen LogP contribution in [0.25, 0.3) is 0 Å². The first-order valence-electron chi connectivity index (χ1n) is 6.74. The monoisotopic (exact) mass is 257 g/mol. The van der Waals surface area contributed by atoms with Gasteiger partial charge in [-0.3, -0.25) is 0 Å². The number of hydrogen-bond donors (Lipinski definition) is 1. The zero-order valence-electron chi connectivity index (χ0n) is 11.5. The van der Waals surface area contributed by atoms with Crippen molar-refractivity contribution in [1.29, 1.82) is 0 Å². The van der Waals surface area contributed by atoms with Gasteiger partial charge in [-0.1, -0.05) is 49.4 Å². The van der Waals surface area contributed by atoms with Crippen LogP contribution in [0, 0.1) is 12.7 Å². The molecular weight excluding hydrogens is 237 g/mol. The van der Waals surface area contributed by atoms with Crippen LogP contribution in [-0.2, 0) is 6.54 Å². The van der Waals surface area contributed by atoms with Crippen molar-refractivity contribution in [2.45, 2.75) is 32.9 Å². The van der Waals surface area contributed by atoms with Gasteiger partial charge in [0.05, 0.1) is 0 Å². The zero-order valence-corrected chi connectivity index (χ0v) is 11.5. The summed E-state index contributed by atoms with van der Waals surface area (Å²) < 4.78 is 13.2. The Morgan fingerprint density at radius 3 is 2.47 bits per heavy atom. The maximum atomic E-state index is 13.2. The molecule has 0 amide bonds. The van der Waals surface area contributed by atoms with Gasteiger partial charge in [0.25, 0.3) is 0 Å². The summed E-state index contributed by atoms with van der Waals surface area (Å²) in [5.74, 6) is -0.140. The molecule has 0 aliphatic rings. The molecule has 0 spiro atoms. The van der Waals surface area contributed by atoms with Gasteiger partial charge in [0.1, 0.15) is 5.82 Å². The molecule has 0 aromatic heterocycles. The van der Waals surface area contributed by atoms with Gasteiger partial charge >= 0.3 is 0 Å². The molecular formula is C17H20FN. The lowest BCUT2D eigenvalue weighted by Crippen LogP contribution is -2.20. The summed E-state index contributed by atoms with van der Waals surface area (Å²) in [6, 6.07) is 16.0. The van der Waals surface area contributed by atoms with E-state index in [1.165, 1.54) is 11.6 Å². The van der Waals surface area contributed by atoms with E-state index >= 15 is 0 Å². The van der Waals surface area contributed by atoms with Crippen LogP contribution in [0.1, 0.15) is 36.1 Å². The number of aryl methyl sites for hydroxylation is 1. The van der Waals surface area contributed by atoms with Gasteiger partial charge in [-0.25, -0.2) is 4.39 Å². The molecule has 2 heteroatoms. The molecule has 2 aromatic rings. The fraction of sp³-hybridized carbons (Fsp3) is 0.294. The summed E-state index contributed by atoms with van der Waals surface area (Å²) in [6.07, 6.45) is 1.03. The molecule has 0 bridgehead atoms. The van der Waals surface area contributed by atoms with Crippen LogP contribution in [0.3, 0.4) is 0 Å².